The lowest BCUT2D eigenvalue weighted by Crippen LogP contribution is -2.33. The summed E-state index contributed by atoms with van der Waals surface area (Å²) in [6.07, 6.45) is 0.739. The van der Waals surface area contributed by atoms with Crippen LogP contribution in [0.4, 0.5) is 13.2 Å². The van der Waals surface area contributed by atoms with E-state index >= 15 is 0 Å². The average Bonchev–Trinajstić information content (AvgIpc) is 3.31. The molecule has 0 radical (unpaired) electrons. The third-order valence-electron chi connectivity index (χ3n) is 4.92. The number of alkyl halides is 2. The number of amides is 1. The van der Waals surface area contributed by atoms with E-state index in [4.69, 9.17) is 10.1 Å². The predicted octanol–water partition coefficient (Wildman–Crippen LogP) is 4.13. The van der Waals surface area contributed by atoms with Gasteiger partial charge in [-0.2, -0.15) is 5.10 Å². The fourth-order valence-corrected chi connectivity index (χ4v) is 2.98. The molecule has 0 bridgehead atoms. The molecular formula is C21H26F3N3O2. The molecule has 2 fully saturated rings. The Kier molecular flexibility index (Phi) is 8.57. The van der Waals surface area contributed by atoms with E-state index < -0.39 is 18.0 Å². The number of rotatable bonds is 3. The van der Waals surface area contributed by atoms with Gasteiger partial charge >= 0.3 is 0 Å². The summed E-state index contributed by atoms with van der Waals surface area (Å²) in [6.45, 7) is 5.61. The van der Waals surface area contributed by atoms with E-state index in [-0.39, 0.29) is 23.4 Å². The quantitative estimate of drug-likeness (QED) is 0.788. The smallest absolute Gasteiger partial charge is 0.289 e. The van der Waals surface area contributed by atoms with Crippen molar-refractivity contribution in [3.8, 4) is 0 Å². The number of carbonyl (C=O) groups is 1. The van der Waals surface area contributed by atoms with Crippen LogP contribution in [0.3, 0.4) is 0 Å². The lowest BCUT2D eigenvalue weighted by molar-refractivity contribution is -0.114. The second-order valence-electron chi connectivity index (χ2n) is 6.91. The molecule has 29 heavy (non-hydrogen) atoms. The number of allylic oxidation sites excluding steroid dienone is 1. The summed E-state index contributed by atoms with van der Waals surface area (Å²) in [5, 5.41) is 10.7. The molecular weight excluding hydrogens is 383 g/mol. The van der Waals surface area contributed by atoms with Crippen molar-refractivity contribution in [1.29, 1.82) is 5.41 Å². The Morgan fingerprint density at radius 3 is 2.34 bits per heavy atom. The minimum atomic E-state index is -2.66. The SMILES string of the molecule is C1OCC2CC12.CC/C(=C1/C=NNC(=O)C1=N)C(F)F.CCc1ccccc1F. The molecule has 1 aliphatic carbocycles. The van der Waals surface area contributed by atoms with E-state index in [1.807, 2.05) is 18.4 Å². The minimum absolute atomic E-state index is 0.0775. The van der Waals surface area contributed by atoms with Crippen LogP contribution < -0.4 is 5.43 Å². The first-order valence-corrected chi connectivity index (χ1v) is 9.63. The molecule has 2 unspecified atom stereocenters. The number of benzene rings is 1. The number of carbonyl (C=O) groups excluding carboxylic acids is 1. The zero-order valence-corrected chi connectivity index (χ0v) is 16.6. The molecule has 1 aromatic rings. The average molecular weight is 409 g/mol. The zero-order chi connectivity index (χ0) is 21.4. The monoisotopic (exact) mass is 409 g/mol. The van der Waals surface area contributed by atoms with Crippen molar-refractivity contribution < 1.29 is 22.7 Å². The van der Waals surface area contributed by atoms with Gasteiger partial charge in [-0.15, -0.1) is 0 Å². The van der Waals surface area contributed by atoms with Gasteiger partial charge in [0.2, 0.25) is 0 Å². The molecule has 2 N–H and O–H groups in total. The minimum Gasteiger partial charge on any atom is -0.381 e. The summed E-state index contributed by atoms with van der Waals surface area (Å²) in [6, 6.07) is 6.84. The summed E-state index contributed by atoms with van der Waals surface area (Å²) in [7, 11) is 0. The molecule has 2 aliphatic heterocycles. The highest BCUT2D eigenvalue weighted by molar-refractivity contribution is 6.50. The van der Waals surface area contributed by atoms with Crippen molar-refractivity contribution in [2.75, 3.05) is 13.2 Å². The van der Waals surface area contributed by atoms with Gasteiger partial charge in [0, 0.05) is 24.4 Å². The first-order valence-electron chi connectivity index (χ1n) is 9.63. The molecule has 5 nitrogen and oxygen atoms in total. The lowest BCUT2D eigenvalue weighted by atomic mass is 10.0. The topological polar surface area (TPSA) is 74.5 Å². The third kappa shape index (κ3) is 6.52. The molecule has 8 heteroatoms. The Morgan fingerprint density at radius 2 is 1.93 bits per heavy atom. The van der Waals surface area contributed by atoms with Gasteiger partial charge in [-0.05, 0) is 42.7 Å². The van der Waals surface area contributed by atoms with Gasteiger partial charge in [-0.1, -0.05) is 32.0 Å². The van der Waals surface area contributed by atoms with E-state index in [1.54, 1.807) is 19.1 Å². The Hall–Kier alpha value is -2.48. The van der Waals surface area contributed by atoms with Gasteiger partial charge < -0.3 is 4.74 Å². The maximum atomic E-state index is 12.6. The number of hydrogen-bond donors (Lipinski definition) is 2. The summed E-state index contributed by atoms with van der Waals surface area (Å²) >= 11 is 0. The van der Waals surface area contributed by atoms with E-state index in [2.05, 4.69) is 5.10 Å². The predicted molar refractivity (Wildman–Crippen MR) is 106 cm³/mol. The second-order valence-corrected chi connectivity index (χ2v) is 6.91. The molecule has 1 amide bonds. The molecule has 1 saturated carbocycles. The number of hydrogen-bond acceptors (Lipinski definition) is 4. The van der Waals surface area contributed by atoms with Crippen LogP contribution >= 0.6 is 0 Å². The van der Waals surface area contributed by atoms with E-state index in [9.17, 15) is 18.0 Å². The van der Waals surface area contributed by atoms with Crippen LogP contribution in [0.15, 0.2) is 40.5 Å². The highest BCUT2D eigenvalue weighted by Crippen LogP contribution is 2.43. The van der Waals surface area contributed by atoms with E-state index in [1.165, 1.54) is 12.5 Å². The van der Waals surface area contributed by atoms with Crippen LogP contribution in [-0.4, -0.2) is 37.5 Å². The molecule has 158 valence electrons. The Balaban J connectivity index is 0.000000169. The summed E-state index contributed by atoms with van der Waals surface area (Å²) < 4.78 is 42.6. The first-order chi connectivity index (χ1) is 13.9. The van der Waals surface area contributed by atoms with Crippen molar-refractivity contribution in [2.45, 2.75) is 39.5 Å². The molecule has 1 saturated heterocycles. The number of fused-ring (bicyclic) bond motifs is 1. The van der Waals surface area contributed by atoms with Crippen molar-refractivity contribution in [2.24, 2.45) is 16.9 Å². The maximum absolute atomic E-state index is 12.6. The number of ether oxygens (including phenoxy) is 1. The molecule has 3 aliphatic rings. The van der Waals surface area contributed by atoms with Crippen LogP contribution in [0, 0.1) is 23.1 Å². The molecule has 0 aromatic heterocycles. The number of nitrogens with zero attached hydrogens (tertiary/aromatic N) is 1. The fraction of sp³-hybridized carbons (Fsp3) is 0.476. The van der Waals surface area contributed by atoms with Crippen LogP contribution in [0.25, 0.3) is 0 Å². The molecule has 2 atom stereocenters. The van der Waals surface area contributed by atoms with Crippen molar-refractivity contribution in [3.63, 3.8) is 0 Å². The third-order valence-corrected chi connectivity index (χ3v) is 4.92. The largest absolute Gasteiger partial charge is 0.381 e. The van der Waals surface area contributed by atoms with E-state index in [0.717, 1.165) is 43.2 Å². The van der Waals surface area contributed by atoms with Crippen LogP contribution in [-0.2, 0) is 16.0 Å². The number of aryl methyl sites for hydroxylation is 1. The second kappa shape index (κ2) is 10.9. The molecule has 2 heterocycles. The molecule has 4 rings (SSSR count). The van der Waals surface area contributed by atoms with Crippen LogP contribution in [0.2, 0.25) is 0 Å². The highest BCUT2D eigenvalue weighted by atomic mass is 19.3. The van der Waals surface area contributed by atoms with E-state index in [0.29, 0.717) is 0 Å². The Morgan fingerprint density at radius 1 is 1.28 bits per heavy atom. The van der Waals surface area contributed by atoms with Crippen LogP contribution in [0.5, 0.6) is 0 Å². The zero-order valence-electron chi connectivity index (χ0n) is 16.6. The van der Waals surface area contributed by atoms with Crippen molar-refractivity contribution in [1.82, 2.24) is 5.43 Å². The molecule has 0 spiro atoms. The van der Waals surface area contributed by atoms with Gasteiger partial charge in [-0.3, -0.25) is 10.2 Å². The number of hydrazone groups is 1. The van der Waals surface area contributed by atoms with Crippen molar-refractivity contribution in [3.05, 3.63) is 46.8 Å². The van der Waals surface area contributed by atoms with Gasteiger partial charge in [-0.25, -0.2) is 18.6 Å². The number of nitrogens with one attached hydrogen (secondary N) is 2. The van der Waals surface area contributed by atoms with Crippen molar-refractivity contribution >= 4 is 17.8 Å². The highest BCUT2D eigenvalue weighted by Gasteiger charge is 2.41. The fourth-order valence-electron chi connectivity index (χ4n) is 2.98. The Bertz CT molecular complexity index is 785. The van der Waals surface area contributed by atoms with Gasteiger partial charge in [0.25, 0.3) is 12.3 Å². The summed E-state index contributed by atoms with van der Waals surface area (Å²) in [5.41, 5.74) is 2.03. The van der Waals surface area contributed by atoms with Gasteiger partial charge in [0.1, 0.15) is 11.5 Å². The van der Waals surface area contributed by atoms with Crippen LogP contribution in [0.1, 0.15) is 32.3 Å². The van der Waals surface area contributed by atoms with Gasteiger partial charge in [0.05, 0.1) is 6.21 Å². The lowest BCUT2D eigenvalue weighted by Gasteiger charge is -2.13. The molecule has 1 aromatic carbocycles. The summed E-state index contributed by atoms with van der Waals surface area (Å²) in [5.74, 6) is 1.13. The number of halogens is 3. The Labute approximate surface area is 168 Å². The summed E-state index contributed by atoms with van der Waals surface area (Å²) in [4.78, 5) is 10.9. The normalized spacial score (nSPS) is 23.4. The standard InChI is InChI=1S/C8H9F2N3O.C8H9F.C5H8O/c1-2-4(7(9)10)5-3-12-13-8(14)6(5)11;1-2-7-5-3-4-6-8(7)9;1-4-2-6-3-5(1)4/h3,7,11H,2H2,1H3,(H,13,14);3-6H,2H2,1H3;4-5H,1-3H2/b5-4+,11-6?;;. The van der Waals surface area contributed by atoms with Gasteiger partial charge in [0.15, 0.2) is 0 Å². The first kappa shape index (κ1) is 22.8. The maximum Gasteiger partial charge on any atom is 0.289 e.